The lowest BCUT2D eigenvalue weighted by molar-refractivity contribution is -0.143. The predicted octanol–water partition coefficient (Wildman–Crippen LogP) is -3.21. The van der Waals surface area contributed by atoms with E-state index in [9.17, 15) is 24.0 Å². The van der Waals surface area contributed by atoms with Crippen molar-refractivity contribution in [3.8, 4) is 0 Å². The van der Waals surface area contributed by atoms with Crippen molar-refractivity contribution in [2.45, 2.75) is 57.8 Å². The zero-order valence-corrected chi connectivity index (χ0v) is 16.1. The Kier molecular flexibility index (Phi) is 10.7. The Morgan fingerprint density at radius 2 is 1.43 bits per heavy atom. The predicted molar refractivity (Wildman–Crippen MR) is 97.4 cm³/mol. The molecule has 0 bridgehead atoms. The third kappa shape index (κ3) is 8.77. The zero-order chi connectivity index (χ0) is 22.0. The number of carbonyl (C=O) groups is 5. The van der Waals surface area contributed by atoms with Crippen LogP contribution in [-0.2, 0) is 24.0 Å². The Labute approximate surface area is 162 Å². The Hall–Kier alpha value is -2.73. The first-order chi connectivity index (χ1) is 12.9. The summed E-state index contributed by atoms with van der Waals surface area (Å²) < 4.78 is 0. The molecular weight excluding hydrogens is 374 g/mol. The molecule has 0 saturated heterocycles. The maximum atomic E-state index is 12.6. The Bertz CT molecular complexity index is 594. The van der Waals surface area contributed by atoms with E-state index in [4.69, 9.17) is 21.7 Å². The molecule has 0 aliphatic heterocycles. The summed E-state index contributed by atoms with van der Waals surface area (Å²) in [4.78, 5) is 58.7. The van der Waals surface area contributed by atoms with Crippen molar-refractivity contribution in [2.24, 2.45) is 17.4 Å². The van der Waals surface area contributed by atoms with E-state index in [0.29, 0.717) is 0 Å². The first-order valence-electron chi connectivity index (χ1n) is 8.69. The first kappa shape index (κ1) is 25.3. The van der Waals surface area contributed by atoms with Gasteiger partial charge in [0, 0.05) is 6.42 Å². The quantitative estimate of drug-likeness (QED) is 0.175. The summed E-state index contributed by atoms with van der Waals surface area (Å²) in [6.07, 6.45) is -0.304. The van der Waals surface area contributed by atoms with Gasteiger partial charge in [0.1, 0.15) is 18.1 Å². The lowest BCUT2D eigenvalue weighted by Crippen LogP contribution is -2.58. The molecule has 0 heterocycles. The number of aliphatic carboxylic acids is 1. The van der Waals surface area contributed by atoms with Crippen LogP contribution in [0.2, 0.25) is 0 Å². The minimum Gasteiger partial charge on any atom is -0.480 e. The second kappa shape index (κ2) is 11.9. The molecule has 0 saturated carbocycles. The molecule has 0 rings (SSSR count). The molecule has 28 heavy (non-hydrogen) atoms. The van der Waals surface area contributed by atoms with Gasteiger partial charge in [0.2, 0.25) is 23.6 Å². The van der Waals surface area contributed by atoms with Crippen molar-refractivity contribution in [3.63, 3.8) is 0 Å². The molecule has 0 aromatic carbocycles. The van der Waals surface area contributed by atoms with E-state index in [-0.39, 0.29) is 12.8 Å². The van der Waals surface area contributed by atoms with Crippen LogP contribution in [-0.4, -0.2) is 70.6 Å². The molecule has 0 radical (unpaired) electrons. The fraction of sp³-hybridized carbons (Fsp3) is 0.688. The fourth-order valence-electron chi connectivity index (χ4n) is 2.09. The summed E-state index contributed by atoms with van der Waals surface area (Å²) in [5.74, 6) is -4.79. The molecule has 0 aliphatic carbocycles. The standard InChI is InChI=1S/C16H29N5O7/c1-7(2)12(15(26)20-10(6-22)16(27)28)21-14(25)9(4-5-11(18)23)19-13(24)8(3)17/h7-10,12,22H,4-6,17H2,1-3H3,(H2,18,23)(H,19,24)(H,20,26)(H,21,25)(H,27,28). The second-order valence-corrected chi connectivity index (χ2v) is 6.67. The van der Waals surface area contributed by atoms with Gasteiger partial charge in [-0.1, -0.05) is 13.8 Å². The minimum atomic E-state index is -1.53. The smallest absolute Gasteiger partial charge is 0.328 e. The van der Waals surface area contributed by atoms with Crippen LogP contribution in [0.25, 0.3) is 0 Å². The molecule has 0 aliphatic rings. The van der Waals surface area contributed by atoms with E-state index in [1.165, 1.54) is 6.92 Å². The number of nitrogens with two attached hydrogens (primary N) is 2. The number of rotatable bonds is 12. The van der Waals surface area contributed by atoms with Gasteiger partial charge >= 0.3 is 5.97 Å². The summed E-state index contributed by atoms with van der Waals surface area (Å²) in [7, 11) is 0. The van der Waals surface area contributed by atoms with Gasteiger partial charge in [0.05, 0.1) is 12.6 Å². The van der Waals surface area contributed by atoms with E-state index in [0.717, 1.165) is 0 Å². The Morgan fingerprint density at radius 1 is 0.893 bits per heavy atom. The van der Waals surface area contributed by atoms with Gasteiger partial charge in [-0.05, 0) is 19.3 Å². The maximum absolute atomic E-state index is 12.6. The third-order valence-electron chi connectivity index (χ3n) is 3.77. The van der Waals surface area contributed by atoms with Crippen molar-refractivity contribution in [1.82, 2.24) is 16.0 Å². The molecule has 9 N–H and O–H groups in total. The van der Waals surface area contributed by atoms with Crippen LogP contribution < -0.4 is 27.4 Å². The lowest BCUT2D eigenvalue weighted by atomic mass is 10.0. The Balaban J connectivity index is 5.30. The Morgan fingerprint density at radius 3 is 1.82 bits per heavy atom. The highest BCUT2D eigenvalue weighted by Gasteiger charge is 2.31. The normalized spacial score (nSPS) is 15.1. The van der Waals surface area contributed by atoms with Crippen LogP contribution in [0.15, 0.2) is 0 Å². The number of amides is 4. The van der Waals surface area contributed by atoms with Gasteiger partial charge < -0.3 is 37.6 Å². The highest BCUT2D eigenvalue weighted by atomic mass is 16.4. The lowest BCUT2D eigenvalue weighted by Gasteiger charge is -2.26. The summed E-state index contributed by atoms with van der Waals surface area (Å²) in [5.41, 5.74) is 10.5. The number of hydrogen-bond donors (Lipinski definition) is 7. The van der Waals surface area contributed by atoms with E-state index in [2.05, 4.69) is 16.0 Å². The van der Waals surface area contributed by atoms with Crippen LogP contribution in [0.3, 0.4) is 0 Å². The van der Waals surface area contributed by atoms with Crippen LogP contribution in [0, 0.1) is 5.92 Å². The molecule has 0 spiro atoms. The number of carboxylic acids is 1. The van der Waals surface area contributed by atoms with Gasteiger partial charge in [-0.25, -0.2) is 4.79 Å². The van der Waals surface area contributed by atoms with Crippen molar-refractivity contribution >= 4 is 29.6 Å². The summed E-state index contributed by atoms with van der Waals surface area (Å²) in [5, 5.41) is 24.9. The third-order valence-corrected chi connectivity index (χ3v) is 3.77. The van der Waals surface area contributed by atoms with Crippen LogP contribution >= 0.6 is 0 Å². The first-order valence-corrected chi connectivity index (χ1v) is 8.69. The summed E-state index contributed by atoms with van der Waals surface area (Å²) in [6, 6.07) is -4.76. The topological polar surface area (TPSA) is 214 Å². The molecule has 160 valence electrons. The average molecular weight is 403 g/mol. The van der Waals surface area contributed by atoms with Gasteiger partial charge in [0.25, 0.3) is 0 Å². The number of hydrogen-bond acceptors (Lipinski definition) is 7. The van der Waals surface area contributed by atoms with Gasteiger partial charge in [0.15, 0.2) is 0 Å². The van der Waals surface area contributed by atoms with Crippen LogP contribution in [0.5, 0.6) is 0 Å². The number of primary amides is 1. The van der Waals surface area contributed by atoms with E-state index in [1.807, 2.05) is 0 Å². The van der Waals surface area contributed by atoms with Crippen molar-refractivity contribution < 1.29 is 34.2 Å². The van der Waals surface area contributed by atoms with Crippen molar-refractivity contribution in [2.75, 3.05) is 6.61 Å². The molecule has 0 aromatic rings. The van der Waals surface area contributed by atoms with Gasteiger partial charge in [-0.15, -0.1) is 0 Å². The molecule has 0 fully saturated rings. The van der Waals surface area contributed by atoms with Gasteiger partial charge in [-0.2, -0.15) is 0 Å². The highest BCUT2D eigenvalue weighted by molar-refractivity contribution is 5.94. The summed E-state index contributed by atoms with van der Waals surface area (Å²) >= 11 is 0. The van der Waals surface area contributed by atoms with Crippen molar-refractivity contribution in [3.05, 3.63) is 0 Å². The number of nitrogens with one attached hydrogen (secondary N) is 3. The van der Waals surface area contributed by atoms with Crippen LogP contribution in [0.1, 0.15) is 33.6 Å². The largest absolute Gasteiger partial charge is 0.480 e. The van der Waals surface area contributed by atoms with Crippen LogP contribution in [0.4, 0.5) is 0 Å². The second-order valence-electron chi connectivity index (χ2n) is 6.67. The molecule has 4 unspecified atom stereocenters. The molecule has 12 nitrogen and oxygen atoms in total. The average Bonchev–Trinajstić information content (AvgIpc) is 2.59. The van der Waals surface area contributed by atoms with E-state index >= 15 is 0 Å². The molecular formula is C16H29N5O7. The minimum absolute atomic E-state index is 0.111. The molecule has 12 heteroatoms. The van der Waals surface area contributed by atoms with E-state index in [1.54, 1.807) is 13.8 Å². The molecule has 4 amide bonds. The van der Waals surface area contributed by atoms with E-state index < -0.39 is 66.3 Å². The van der Waals surface area contributed by atoms with Gasteiger partial charge in [-0.3, -0.25) is 19.2 Å². The molecule has 0 aromatic heterocycles. The van der Waals surface area contributed by atoms with Crippen molar-refractivity contribution in [1.29, 1.82) is 0 Å². The number of aliphatic hydroxyl groups is 1. The fourth-order valence-corrected chi connectivity index (χ4v) is 2.09. The highest BCUT2D eigenvalue weighted by Crippen LogP contribution is 2.06. The summed E-state index contributed by atoms with van der Waals surface area (Å²) in [6.45, 7) is 3.80. The number of carboxylic acid groups (broad SMARTS) is 1. The monoisotopic (exact) mass is 403 g/mol. The SMILES string of the molecule is CC(N)C(=O)NC(CCC(N)=O)C(=O)NC(C(=O)NC(CO)C(=O)O)C(C)C. The molecule has 4 atom stereocenters. The number of aliphatic hydroxyl groups excluding tert-OH is 1. The zero-order valence-electron chi connectivity index (χ0n) is 16.1. The maximum Gasteiger partial charge on any atom is 0.328 e. The number of carbonyl (C=O) groups excluding carboxylic acids is 4.